The molecule has 1 N–H and O–H groups in total. The van der Waals surface area contributed by atoms with Crippen LogP contribution in [0, 0.1) is 5.92 Å². The van der Waals surface area contributed by atoms with Gasteiger partial charge in [0.1, 0.15) is 11.6 Å². The Morgan fingerprint density at radius 2 is 2.03 bits per heavy atom. The fourth-order valence-electron chi connectivity index (χ4n) is 6.34. The highest BCUT2D eigenvalue weighted by Gasteiger charge is 2.62. The second kappa shape index (κ2) is 7.70. The van der Waals surface area contributed by atoms with E-state index in [0.717, 1.165) is 37.9 Å². The van der Waals surface area contributed by atoms with Crippen LogP contribution in [-0.2, 0) is 20.9 Å². The normalized spacial score (nSPS) is 29.5. The van der Waals surface area contributed by atoms with E-state index in [1.807, 2.05) is 17.0 Å². The van der Waals surface area contributed by atoms with Gasteiger partial charge >= 0.3 is 0 Å². The summed E-state index contributed by atoms with van der Waals surface area (Å²) in [5.74, 6) is -0.641. The van der Waals surface area contributed by atoms with Crippen LogP contribution in [0.3, 0.4) is 0 Å². The zero-order valence-electron chi connectivity index (χ0n) is 19.7. The molecule has 1 spiro atoms. The smallest absolute Gasteiger partial charge is 0.276 e. The van der Waals surface area contributed by atoms with Crippen LogP contribution in [-0.4, -0.2) is 79.3 Å². The van der Waals surface area contributed by atoms with Crippen LogP contribution in [0.4, 0.5) is 0 Å². The molecule has 5 aliphatic rings. The Morgan fingerprint density at radius 1 is 1.17 bits per heavy atom. The summed E-state index contributed by atoms with van der Waals surface area (Å²) in [5, 5.41) is 10.6. The number of ether oxygens (including phenoxy) is 1. The summed E-state index contributed by atoms with van der Waals surface area (Å²) >= 11 is 0. The standard InChI is InChI=1S/C25H26N6O5/c32-20-7-6-19(22(33)26-20)29-11-15-4-5-16(10-17(15)23(29)34)31-12-18(27-28-31)24(35)30-13-25(8-1-9-36-25)21(30)14-2-3-14/h4-5,10,12,14,19,21H,1-3,6-9,11,13H2,(H,26,32,33). The van der Waals surface area contributed by atoms with Gasteiger partial charge in [0.15, 0.2) is 5.69 Å². The molecule has 11 heteroatoms. The molecule has 0 bridgehead atoms. The lowest BCUT2D eigenvalue weighted by molar-refractivity contribution is -0.149. The molecule has 1 aromatic carbocycles. The molecule has 1 saturated carbocycles. The van der Waals surface area contributed by atoms with E-state index in [1.54, 1.807) is 12.3 Å². The molecule has 4 amide bonds. The first-order valence-corrected chi connectivity index (χ1v) is 12.6. The van der Waals surface area contributed by atoms with Gasteiger partial charge in [0.2, 0.25) is 11.8 Å². The topological polar surface area (TPSA) is 127 Å². The van der Waals surface area contributed by atoms with Crippen LogP contribution in [0.5, 0.6) is 0 Å². The first kappa shape index (κ1) is 21.7. The molecule has 1 aliphatic carbocycles. The van der Waals surface area contributed by atoms with Crippen molar-refractivity contribution in [3.8, 4) is 5.69 Å². The number of carbonyl (C=O) groups is 4. The molecule has 1 aromatic heterocycles. The number of benzene rings is 1. The Balaban J connectivity index is 1.09. The number of amides is 4. The lowest BCUT2D eigenvalue weighted by atomic mass is 9.78. The first-order valence-electron chi connectivity index (χ1n) is 12.6. The van der Waals surface area contributed by atoms with Crippen molar-refractivity contribution in [2.24, 2.45) is 5.92 Å². The largest absolute Gasteiger partial charge is 0.371 e. The van der Waals surface area contributed by atoms with E-state index >= 15 is 0 Å². The molecule has 2 aromatic rings. The van der Waals surface area contributed by atoms with Crippen LogP contribution in [0.15, 0.2) is 24.4 Å². The Bertz CT molecular complexity index is 1310. The molecule has 3 unspecified atom stereocenters. The van der Waals surface area contributed by atoms with Gasteiger partial charge in [-0.15, -0.1) is 5.10 Å². The van der Waals surface area contributed by atoms with Gasteiger partial charge in [0.05, 0.1) is 24.5 Å². The number of carbonyl (C=O) groups excluding carboxylic acids is 4. The third-order valence-electron chi connectivity index (χ3n) is 8.26. The van der Waals surface area contributed by atoms with Gasteiger partial charge in [-0.25, -0.2) is 4.68 Å². The van der Waals surface area contributed by atoms with E-state index < -0.39 is 11.9 Å². The van der Waals surface area contributed by atoms with Gasteiger partial charge in [-0.1, -0.05) is 11.3 Å². The maximum absolute atomic E-state index is 13.3. The third kappa shape index (κ3) is 3.22. The molecule has 186 valence electrons. The molecule has 7 rings (SSSR count). The number of piperidine rings is 1. The molecule has 3 atom stereocenters. The number of aromatic nitrogens is 3. The Labute approximate surface area is 206 Å². The van der Waals surface area contributed by atoms with Crippen LogP contribution in [0.2, 0.25) is 0 Å². The predicted octanol–water partition coefficient (Wildman–Crippen LogP) is 0.812. The SMILES string of the molecule is O=C1CCC(N2Cc3ccc(-n4cc(C(=O)N5CC6(CCCO6)C5C5CC5)nn4)cc3C2=O)C(=O)N1. The number of fused-ring (bicyclic) bond motifs is 1. The number of likely N-dealkylation sites (tertiary alicyclic amines) is 1. The van der Waals surface area contributed by atoms with Gasteiger partial charge in [0.25, 0.3) is 11.8 Å². The quantitative estimate of drug-likeness (QED) is 0.629. The minimum atomic E-state index is -0.662. The minimum Gasteiger partial charge on any atom is -0.371 e. The van der Waals surface area contributed by atoms with Crippen molar-refractivity contribution in [3.63, 3.8) is 0 Å². The molecular weight excluding hydrogens is 464 g/mol. The van der Waals surface area contributed by atoms with Crippen molar-refractivity contribution < 1.29 is 23.9 Å². The molecule has 4 aliphatic heterocycles. The lowest BCUT2D eigenvalue weighted by Gasteiger charge is -2.55. The summed E-state index contributed by atoms with van der Waals surface area (Å²) in [4.78, 5) is 53.6. The maximum Gasteiger partial charge on any atom is 0.276 e. The summed E-state index contributed by atoms with van der Waals surface area (Å²) in [6.45, 7) is 1.67. The maximum atomic E-state index is 13.3. The van der Waals surface area contributed by atoms with Crippen molar-refractivity contribution in [2.45, 2.75) is 62.8 Å². The summed E-state index contributed by atoms with van der Waals surface area (Å²) < 4.78 is 7.59. The Hall–Kier alpha value is -3.60. The van der Waals surface area contributed by atoms with E-state index in [9.17, 15) is 19.2 Å². The third-order valence-corrected chi connectivity index (χ3v) is 8.26. The summed E-state index contributed by atoms with van der Waals surface area (Å²) in [5.41, 5.74) is 1.99. The number of nitrogens with one attached hydrogen (secondary N) is 1. The van der Waals surface area contributed by atoms with Crippen LogP contribution >= 0.6 is 0 Å². The van der Waals surface area contributed by atoms with Crippen molar-refractivity contribution in [3.05, 3.63) is 41.2 Å². The highest BCUT2D eigenvalue weighted by molar-refractivity contribution is 6.05. The van der Waals surface area contributed by atoms with Gasteiger partial charge in [-0.05, 0) is 55.7 Å². The van der Waals surface area contributed by atoms with Crippen LogP contribution in [0.1, 0.15) is 64.9 Å². The van der Waals surface area contributed by atoms with Crippen molar-refractivity contribution >= 4 is 23.6 Å². The van der Waals surface area contributed by atoms with Crippen LogP contribution < -0.4 is 5.32 Å². The van der Waals surface area contributed by atoms with Gasteiger partial charge in [-0.3, -0.25) is 24.5 Å². The number of rotatable bonds is 4. The number of hydrogen-bond donors (Lipinski definition) is 1. The van der Waals surface area contributed by atoms with E-state index in [-0.39, 0.29) is 41.5 Å². The average Bonchev–Trinajstić information content (AvgIpc) is 3.25. The Kier molecular flexibility index (Phi) is 4.63. The van der Waals surface area contributed by atoms with E-state index in [4.69, 9.17) is 4.74 Å². The lowest BCUT2D eigenvalue weighted by Crippen LogP contribution is -2.71. The van der Waals surface area contributed by atoms with Crippen molar-refractivity contribution in [1.29, 1.82) is 0 Å². The molecule has 11 nitrogen and oxygen atoms in total. The zero-order valence-corrected chi connectivity index (χ0v) is 19.7. The minimum absolute atomic E-state index is 0.119. The highest BCUT2D eigenvalue weighted by Crippen LogP contribution is 2.51. The molecule has 36 heavy (non-hydrogen) atoms. The van der Waals surface area contributed by atoms with E-state index in [1.165, 1.54) is 9.58 Å². The second-order valence-electron chi connectivity index (χ2n) is 10.5. The highest BCUT2D eigenvalue weighted by atomic mass is 16.5. The molecule has 0 radical (unpaired) electrons. The Morgan fingerprint density at radius 3 is 2.78 bits per heavy atom. The fraction of sp³-hybridized carbons (Fsp3) is 0.520. The van der Waals surface area contributed by atoms with Crippen molar-refractivity contribution in [2.75, 3.05) is 13.2 Å². The van der Waals surface area contributed by atoms with Gasteiger partial charge in [-0.2, -0.15) is 0 Å². The fourth-order valence-corrected chi connectivity index (χ4v) is 6.34. The van der Waals surface area contributed by atoms with E-state index in [2.05, 4.69) is 15.6 Å². The molecule has 3 saturated heterocycles. The number of nitrogens with zero attached hydrogens (tertiary/aromatic N) is 5. The number of imide groups is 1. The summed E-state index contributed by atoms with van der Waals surface area (Å²) in [6, 6.07) is 4.82. The monoisotopic (exact) mass is 490 g/mol. The second-order valence-corrected chi connectivity index (χ2v) is 10.5. The number of hydrogen-bond acceptors (Lipinski definition) is 7. The van der Waals surface area contributed by atoms with Crippen molar-refractivity contribution in [1.82, 2.24) is 30.1 Å². The summed E-state index contributed by atoms with van der Waals surface area (Å²) in [7, 11) is 0. The first-order chi connectivity index (χ1) is 17.4. The predicted molar refractivity (Wildman–Crippen MR) is 123 cm³/mol. The average molecular weight is 491 g/mol. The van der Waals surface area contributed by atoms with Gasteiger partial charge in [0, 0.05) is 25.1 Å². The summed E-state index contributed by atoms with van der Waals surface area (Å²) in [6.07, 6.45) is 6.44. The zero-order chi connectivity index (χ0) is 24.6. The van der Waals surface area contributed by atoms with Gasteiger partial charge < -0.3 is 14.5 Å². The molecule has 5 heterocycles. The molecule has 4 fully saturated rings. The van der Waals surface area contributed by atoms with Crippen LogP contribution in [0.25, 0.3) is 5.69 Å². The van der Waals surface area contributed by atoms with E-state index in [0.29, 0.717) is 36.7 Å². The molecular formula is C25H26N6O5.